The lowest BCUT2D eigenvalue weighted by molar-refractivity contribution is 0.384. The molecule has 0 saturated heterocycles. The predicted octanol–water partition coefficient (Wildman–Crippen LogP) is 7.63. The fraction of sp³-hybridized carbons (Fsp3) is 0.583. The van der Waals surface area contributed by atoms with Crippen molar-refractivity contribution in [3.63, 3.8) is 0 Å². The van der Waals surface area contributed by atoms with E-state index in [1.807, 2.05) is 6.07 Å². The van der Waals surface area contributed by atoms with Crippen LogP contribution in [0.25, 0.3) is 0 Å². The van der Waals surface area contributed by atoms with Gasteiger partial charge in [0, 0.05) is 11.5 Å². The number of benzene rings is 1. The van der Waals surface area contributed by atoms with Crippen LogP contribution in [0.3, 0.4) is 0 Å². The molecule has 0 N–H and O–H groups in total. The summed E-state index contributed by atoms with van der Waals surface area (Å²) in [7, 11) is 0.296. The molecule has 1 atom stereocenters. The fourth-order valence-corrected chi connectivity index (χ4v) is 7.04. The Bertz CT molecular complexity index is 650. The number of allylic oxidation sites excluding steroid dienone is 1. The fourth-order valence-electron chi connectivity index (χ4n) is 4.12. The number of ether oxygens (including phenoxy) is 2. The van der Waals surface area contributed by atoms with Gasteiger partial charge in [-0.15, -0.1) is 0 Å². The van der Waals surface area contributed by atoms with Gasteiger partial charge in [-0.05, 0) is 30.2 Å². The maximum atomic E-state index is 6.40. The molecule has 150 valence electrons. The molecule has 1 heterocycles. The van der Waals surface area contributed by atoms with Crippen LogP contribution in [0.2, 0.25) is 18.1 Å². The smallest absolute Gasteiger partial charge is 0.131 e. The molecule has 0 spiro atoms. The SMILES string of the molecule is C=C1/C(=C\[Si](CC)(CC)CC)Oc2ccc(OC)cc2C1CCCCCC. The highest BCUT2D eigenvalue weighted by atomic mass is 28.3. The Morgan fingerprint density at radius 1 is 1.07 bits per heavy atom. The minimum absolute atomic E-state index is 0.337. The van der Waals surface area contributed by atoms with Gasteiger partial charge in [-0.3, -0.25) is 0 Å². The second kappa shape index (κ2) is 10.2. The van der Waals surface area contributed by atoms with E-state index in [9.17, 15) is 0 Å². The summed E-state index contributed by atoms with van der Waals surface area (Å²) < 4.78 is 11.9. The molecule has 1 aromatic carbocycles. The lowest BCUT2D eigenvalue weighted by Crippen LogP contribution is -2.31. The van der Waals surface area contributed by atoms with E-state index in [1.54, 1.807) is 7.11 Å². The van der Waals surface area contributed by atoms with E-state index in [4.69, 9.17) is 9.47 Å². The van der Waals surface area contributed by atoms with E-state index in [0.717, 1.165) is 23.7 Å². The standard InChI is InChI=1S/C24H38O2Si/c1-7-11-12-13-14-21-19(5)24(18-27(8-2,9-3)10-4)26-23-16-15-20(25-6)17-22(21)23/h15-18,21H,5,7-14H2,1-4,6H3/b24-18+. The first kappa shape index (κ1) is 21.8. The molecule has 0 saturated carbocycles. The van der Waals surface area contributed by atoms with Crippen LogP contribution in [0.5, 0.6) is 11.5 Å². The van der Waals surface area contributed by atoms with Crippen molar-refractivity contribution in [2.24, 2.45) is 0 Å². The van der Waals surface area contributed by atoms with Crippen molar-refractivity contribution < 1.29 is 9.47 Å². The van der Waals surface area contributed by atoms with Crippen LogP contribution >= 0.6 is 0 Å². The number of rotatable bonds is 10. The Kier molecular flexibility index (Phi) is 8.21. The molecule has 0 aromatic heterocycles. The minimum atomic E-state index is -1.43. The van der Waals surface area contributed by atoms with Gasteiger partial charge in [0.1, 0.15) is 17.3 Å². The first-order valence-electron chi connectivity index (χ1n) is 10.8. The Morgan fingerprint density at radius 3 is 2.37 bits per heavy atom. The molecular formula is C24H38O2Si. The highest BCUT2D eigenvalue weighted by Gasteiger charge is 2.32. The van der Waals surface area contributed by atoms with Crippen LogP contribution < -0.4 is 9.47 Å². The van der Waals surface area contributed by atoms with Gasteiger partial charge in [0.15, 0.2) is 0 Å². The number of hydrogen-bond donors (Lipinski definition) is 0. The summed E-state index contributed by atoms with van der Waals surface area (Å²) in [5, 5.41) is 0. The van der Waals surface area contributed by atoms with Gasteiger partial charge in [0.05, 0.1) is 15.2 Å². The summed E-state index contributed by atoms with van der Waals surface area (Å²) in [5.74, 6) is 3.27. The molecule has 0 aliphatic carbocycles. The topological polar surface area (TPSA) is 18.5 Å². The van der Waals surface area contributed by atoms with Crippen molar-refractivity contribution in [2.75, 3.05) is 7.11 Å². The van der Waals surface area contributed by atoms with Gasteiger partial charge in [-0.2, -0.15) is 0 Å². The molecule has 0 amide bonds. The van der Waals surface area contributed by atoms with Crippen LogP contribution in [0.4, 0.5) is 0 Å². The molecule has 1 aliphatic heterocycles. The molecule has 2 rings (SSSR count). The average Bonchev–Trinajstić information content (AvgIpc) is 2.71. The summed E-state index contributed by atoms with van der Waals surface area (Å²) in [5.41, 5.74) is 4.91. The first-order chi connectivity index (χ1) is 13.0. The number of methoxy groups -OCH3 is 1. The summed E-state index contributed by atoms with van der Waals surface area (Å²) in [6.45, 7) is 13.8. The maximum Gasteiger partial charge on any atom is 0.131 e. The minimum Gasteiger partial charge on any atom is -0.497 e. The highest BCUT2D eigenvalue weighted by Crippen LogP contribution is 2.45. The third-order valence-electron chi connectivity index (χ3n) is 6.45. The Labute approximate surface area is 167 Å². The zero-order valence-corrected chi connectivity index (χ0v) is 19.1. The maximum absolute atomic E-state index is 6.40. The molecule has 1 unspecified atom stereocenters. The second-order valence-electron chi connectivity index (χ2n) is 7.86. The van der Waals surface area contributed by atoms with Crippen molar-refractivity contribution in [3.8, 4) is 11.5 Å². The molecule has 0 radical (unpaired) electrons. The van der Waals surface area contributed by atoms with Crippen LogP contribution in [0, 0.1) is 0 Å². The van der Waals surface area contributed by atoms with E-state index in [1.165, 1.54) is 55.0 Å². The third kappa shape index (κ3) is 5.07. The Morgan fingerprint density at radius 2 is 1.78 bits per heavy atom. The summed E-state index contributed by atoms with van der Waals surface area (Å²) >= 11 is 0. The second-order valence-corrected chi connectivity index (χ2v) is 13.0. The molecule has 3 heteroatoms. The Hall–Kier alpha value is -1.48. The van der Waals surface area contributed by atoms with E-state index < -0.39 is 8.07 Å². The van der Waals surface area contributed by atoms with Crippen LogP contribution in [-0.2, 0) is 0 Å². The molecule has 0 bridgehead atoms. The van der Waals surface area contributed by atoms with Gasteiger partial charge >= 0.3 is 0 Å². The molecular weight excluding hydrogens is 348 g/mol. The molecule has 27 heavy (non-hydrogen) atoms. The van der Waals surface area contributed by atoms with Gasteiger partial charge in [0.25, 0.3) is 0 Å². The summed E-state index contributed by atoms with van der Waals surface area (Å²) in [6, 6.07) is 10.00. The van der Waals surface area contributed by atoms with E-state index in [2.05, 4.69) is 52.1 Å². The van der Waals surface area contributed by atoms with E-state index >= 15 is 0 Å². The van der Waals surface area contributed by atoms with Crippen molar-refractivity contribution in [1.82, 2.24) is 0 Å². The summed E-state index contributed by atoms with van der Waals surface area (Å²) in [6.07, 6.45) is 6.23. The molecule has 0 fully saturated rings. The average molecular weight is 387 g/mol. The van der Waals surface area contributed by atoms with Crippen LogP contribution in [0.1, 0.15) is 71.3 Å². The zero-order valence-electron chi connectivity index (χ0n) is 18.1. The lowest BCUT2D eigenvalue weighted by Gasteiger charge is -2.33. The predicted molar refractivity (Wildman–Crippen MR) is 120 cm³/mol. The normalized spacial score (nSPS) is 18.3. The van der Waals surface area contributed by atoms with Gasteiger partial charge in [0.2, 0.25) is 0 Å². The summed E-state index contributed by atoms with van der Waals surface area (Å²) in [4.78, 5) is 0. The Balaban J connectivity index is 2.39. The molecule has 2 nitrogen and oxygen atoms in total. The van der Waals surface area contributed by atoms with Gasteiger partial charge < -0.3 is 9.47 Å². The van der Waals surface area contributed by atoms with Crippen molar-refractivity contribution in [3.05, 3.63) is 47.4 Å². The number of hydrogen-bond acceptors (Lipinski definition) is 2. The quantitative estimate of drug-likeness (QED) is 0.304. The largest absolute Gasteiger partial charge is 0.497 e. The van der Waals surface area contributed by atoms with E-state index in [-0.39, 0.29) is 0 Å². The van der Waals surface area contributed by atoms with Crippen molar-refractivity contribution >= 4 is 8.07 Å². The first-order valence-corrected chi connectivity index (χ1v) is 13.5. The van der Waals surface area contributed by atoms with E-state index in [0.29, 0.717) is 5.92 Å². The van der Waals surface area contributed by atoms with Crippen molar-refractivity contribution in [2.45, 2.75) is 83.8 Å². The number of unbranched alkanes of at least 4 members (excludes halogenated alkanes) is 3. The molecule has 1 aromatic rings. The zero-order chi connectivity index (χ0) is 19.9. The van der Waals surface area contributed by atoms with Crippen molar-refractivity contribution in [1.29, 1.82) is 0 Å². The van der Waals surface area contributed by atoms with Crippen LogP contribution in [0.15, 0.2) is 41.8 Å². The lowest BCUT2D eigenvalue weighted by atomic mass is 9.84. The van der Waals surface area contributed by atoms with Crippen LogP contribution in [-0.4, -0.2) is 15.2 Å². The van der Waals surface area contributed by atoms with Gasteiger partial charge in [-0.25, -0.2) is 0 Å². The third-order valence-corrected chi connectivity index (χ3v) is 11.5. The number of fused-ring (bicyclic) bond motifs is 1. The molecule has 1 aliphatic rings. The van der Waals surface area contributed by atoms with Gasteiger partial charge in [-0.1, -0.05) is 83.8 Å². The highest BCUT2D eigenvalue weighted by molar-refractivity contribution is 6.84. The monoisotopic (exact) mass is 386 g/mol.